The summed E-state index contributed by atoms with van der Waals surface area (Å²) in [4.78, 5) is 25.8. The summed E-state index contributed by atoms with van der Waals surface area (Å²) >= 11 is 6.52. The van der Waals surface area contributed by atoms with E-state index in [1.807, 2.05) is 42.7 Å². The van der Waals surface area contributed by atoms with Crippen molar-refractivity contribution in [3.8, 4) is 22.6 Å². The molecule has 38 heavy (non-hydrogen) atoms. The molecule has 1 aromatic carbocycles. The first-order valence-corrected chi connectivity index (χ1v) is 14.0. The second-order valence-corrected chi connectivity index (χ2v) is 11.3. The van der Waals surface area contributed by atoms with Gasteiger partial charge >= 0.3 is 0 Å². The van der Waals surface area contributed by atoms with Crippen LogP contribution in [0.2, 0.25) is 5.02 Å². The number of aromatic nitrogens is 5. The number of H-pyrrole nitrogens is 1. The fraction of sp³-hybridized carbons (Fsp3) is 0.333. The van der Waals surface area contributed by atoms with E-state index in [2.05, 4.69) is 37.4 Å². The largest absolute Gasteiger partial charge is 0.353 e. The van der Waals surface area contributed by atoms with E-state index < -0.39 is 0 Å². The molecule has 6 heterocycles. The van der Waals surface area contributed by atoms with Crippen LogP contribution < -0.4 is 10.2 Å². The van der Waals surface area contributed by atoms with Crippen molar-refractivity contribution in [2.24, 2.45) is 5.92 Å². The minimum absolute atomic E-state index is 0.513. The molecule has 2 N–H and O–H groups in total. The van der Waals surface area contributed by atoms with Gasteiger partial charge in [-0.25, -0.2) is 15.0 Å². The molecule has 2 unspecified atom stereocenters. The molecule has 2 atom stereocenters. The quantitative estimate of drug-likeness (QED) is 0.304. The van der Waals surface area contributed by atoms with E-state index in [-0.39, 0.29) is 0 Å². The van der Waals surface area contributed by atoms with E-state index >= 15 is 0 Å². The maximum Gasteiger partial charge on any atom is 0.163 e. The monoisotopic (exact) mass is 521 g/mol. The molecule has 7 nitrogen and oxygen atoms in total. The Balaban J connectivity index is 1.33. The SMILES string of the molecule is Clc1ccccc1-c1cc2c(-c3nc(N4CCC5CNCCC54)c4c(C5CC5)cncc4n3)ccnc2[nH]1. The molecule has 0 amide bonds. The lowest BCUT2D eigenvalue weighted by molar-refractivity contribution is 0.360. The first kappa shape index (κ1) is 22.4. The average molecular weight is 522 g/mol. The van der Waals surface area contributed by atoms with Crippen molar-refractivity contribution in [3.63, 3.8) is 0 Å². The Hall–Kier alpha value is -3.55. The number of nitrogens with zero attached hydrogens (tertiary/aromatic N) is 5. The lowest BCUT2D eigenvalue weighted by atomic mass is 9.94. The van der Waals surface area contributed by atoms with Gasteiger partial charge in [0.05, 0.1) is 11.7 Å². The van der Waals surface area contributed by atoms with Crippen molar-refractivity contribution < 1.29 is 0 Å². The summed E-state index contributed by atoms with van der Waals surface area (Å²) in [6.45, 7) is 3.18. The number of hydrogen-bond acceptors (Lipinski definition) is 6. The van der Waals surface area contributed by atoms with Crippen molar-refractivity contribution in [2.75, 3.05) is 24.5 Å². The van der Waals surface area contributed by atoms with Gasteiger partial charge in [-0.1, -0.05) is 29.8 Å². The fourth-order valence-electron chi connectivity index (χ4n) is 6.52. The zero-order chi connectivity index (χ0) is 25.2. The maximum absolute atomic E-state index is 6.52. The van der Waals surface area contributed by atoms with Crippen LogP contribution in [0.25, 0.3) is 44.6 Å². The highest BCUT2D eigenvalue weighted by Gasteiger charge is 2.38. The van der Waals surface area contributed by atoms with Gasteiger partial charge in [-0.05, 0) is 74.4 Å². The number of benzene rings is 1. The number of piperidine rings is 1. The van der Waals surface area contributed by atoms with Crippen LogP contribution in [0.15, 0.2) is 55.0 Å². The molecule has 8 rings (SSSR count). The average Bonchev–Trinajstić information content (AvgIpc) is 3.56. The van der Waals surface area contributed by atoms with Crippen LogP contribution in [0.5, 0.6) is 0 Å². The highest BCUT2D eigenvalue weighted by atomic mass is 35.5. The summed E-state index contributed by atoms with van der Waals surface area (Å²) < 4.78 is 0. The zero-order valence-corrected chi connectivity index (χ0v) is 21.7. The number of anilines is 1. The second kappa shape index (κ2) is 8.75. The molecule has 0 spiro atoms. The molecule has 190 valence electrons. The van der Waals surface area contributed by atoms with Crippen molar-refractivity contribution in [1.82, 2.24) is 30.2 Å². The van der Waals surface area contributed by atoms with Crippen LogP contribution in [-0.4, -0.2) is 50.6 Å². The maximum atomic E-state index is 6.52. The van der Waals surface area contributed by atoms with Crippen molar-refractivity contribution >= 4 is 39.4 Å². The standard InChI is InChI=1S/C30H28ClN7/c31-23-4-2-1-3-20(23)24-13-21-19(7-11-34-28(21)35-24)29-36-25-16-33-15-22(17-5-6-17)27(25)30(37-29)38-12-9-18-14-32-10-8-26(18)38/h1-4,7,11,13,15-18,26,32H,5-6,8-10,12,14H2,(H,34,35). The predicted molar refractivity (Wildman–Crippen MR) is 152 cm³/mol. The molecule has 2 aliphatic heterocycles. The number of hydrogen-bond donors (Lipinski definition) is 2. The predicted octanol–water partition coefficient (Wildman–Crippen LogP) is 5.95. The van der Waals surface area contributed by atoms with Gasteiger partial charge in [-0.2, -0.15) is 0 Å². The van der Waals surface area contributed by atoms with Gasteiger partial charge in [-0.15, -0.1) is 0 Å². The van der Waals surface area contributed by atoms with Crippen LogP contribution in [-0.2, 0) is 0 Å². The Morgan fingerprint density at radius 1 is 0.974 bits per heavy atom. The lowest BCUT2D eigenvalue weighted by Crippen LogP contribution is -2.44. The molecule has 0 radical (unpaired) electrons. The zero-order valence-electron chi connectivity index (χ0n) is 21.0. The van der Waals surface area contributed by atoms with E-state index in [1.54, 1.807) is 0 Å². The van der Waals surface area contributed by atoms with Gasteiger partial charge in [0.2, 0.25) is 0 Å². The number of aromatic amines is 1. The van der Waals surface area contributed by atoms with Crippen molar-refractivity contribution in [3.05, 3.63) is 65.6 Å². The van der Waals surface area contributed by atoms with Crippen LogP contribution in [0.4, 0.5) is 5.82 Å². The van der Waals surface area contributed by atoms with Crippen LogP contribution >= 0.6 is 11.6 Å². The number of pyridine rings is 2. The Morgan fingerprint density at radius 3 is 2.79 bits per heavy atom. The van der Waals surface area contributed by atoms with Gasteiger partial charge in [0, 0.05) is 57.6 Å². The third kappa shape index (κ3) is 3.60. The summed E-state index contributed by atoms with van der Waals surface area (Å²) in [6, 6.07) is 12.5. The third-order valence-electron chi connectivity index (χ3n) is 8.55. The van der Waals surface area contributed by atoms with Crippen LogP contribution in [0.1, 0.15) is 37.2 Å². The minimum Gasteiger partial charge on any atom is -0.353 e. The summed E-state index contributed by atoms with van der Waals surface area (Å²) in [5, 5.41) is 6.48. The fourth-order valence-corrected chi connectivity index (χ4v) is 6.75. The summed E-state index contributed by atoms with van der Waals surface area (Å²) in [7, 11) is 0. The van der Waals surface area contributed by atoms with Gasteiger partial charge in [0.1, 0.15) is 11.5 Å². The Bertz CT molecular complexity index is 1690. The van der Waals surface area contributed by atoms with Crippen LogP contribution in [0.3, 0.4) is 0 Å². The number of fused-ring (bicyclic) bond motifs is 3. The molecule has 2 saturated heterocycles. The minimum atomic E-state index is 0.513. The number of halogens is 1. The number of nitrogens with one attached hydrogen (secondary N) is 2. The molecule has 5 aromatic rings. The van der Waals surface area contributed by atoms with E-state index in [1.165, 1.54) is 30.2 Å². The Morgan fingerprint density at radius 2 is 1.89 bits per heavy atom. The third-order valence-corrected chi connectivity index (χ3v) is 8.88. The van der Waals surface area contributed by atoms with Gasteiger partial charge in [0.25, 0.3) is 0 Å². The molecule has 8 heteroatoms. The van der Waals surface area contributed by atoms with E-state index in [9.17, 15) is 0 Å². The first-order valence-electron chi connectivity index (χ1n) is 13.6. The van der Waals surface area contributed by atoms with Crippen molar-refractivity contribution in [2.45, 2.75) is 37.6 Å². The first-order chi connectivity index (χ1) is 18.7. The van der Waals surface area contributed by atoms with E-state index in [4.69, 9.17) is 21.6 Å². The van der Waals surface area contributed by atoms with Gasteiger partial charge in [-0.3, -0.25) is 4.98 Å². The molecule has 3 aliphatic rings. The van der Waals surface area contributed by atoms with E-state index in [0.29, 0.717) is 22.9 Å². The highest BCUT2D eigenvalue weighted by molar-refractivity contribution is 6.33. The summed E-state index contributed by atoms with van der Waals surface area (Å²) in [6.07, 6.45) is 10.6. The Labute approximate surface area is 225 Å². The highest BCUT2D eigenvalue weighted by Crippen LogP contribution is 2.46. The van der Waals surface area contributed by atoms with Crippen molar-refractivity contribution in [1.29, 1.82) is 0 Å². The van der Waals surface area contributed by atoms with E-state index in [0.717, 1.165) is 71.1 Å². The lowest BCUT2D eigenvalue weighted by Gasteiger charge is -2.33. The number of rotatable bonds is 4. The molecular formula is C30H28ClN7. The Kier molecular flexibility index (Phi) is 5.17. The normalized spacial score (nSPS) is 21.3. The summed E-state index contributed by atoms with van der Waals surface area (Å²) in [5.74, 6) is 3.03. The smallest absolute Gasteiger partial charge is 0.163 e. The topological polar surface area (TPSA) is 82.6 Å². The summed E-state index contributed by atoms with van der Waals surface area (Å²) in [5.41, 5.74) is 5.88. The molecule has 1 saturated carbocycles. The molecule has 1 aliphatic carbocycles. The molecular weight excluding hydrogens is 494 g/mol. The molecule has 0 bridgehead atoms. The second-order valence-electron chi connectivity index (χ2n) is 10.9. The van der Waals surface area contributed by atoms with Gasteiger partial charge < -0.3 is 15.2 Å². The van der Waals surface area contributed by atoms with Crippen LogP contribution in [0, 0.1) is 5.92 Å². The van der Waals surface area contributed by atoms with Gasteiger partial charge in [0.15, 0.2) is 5.82 Å². The molecule has 3 fully saturated rings. The molecule has 4 aromatic heterocycles.